The number of methoxy groups -OCH3 is 1. The Kier molecular flexibility index (Phi) is 4.47. The fourth-order valence-electron chi connectivity index (χ4n) is 3.34. The van der Waals surface area contributed by atoms with Gasteiger partial charge in [0.2, 0.25) is 21.5 Å². The van der Waals surface area contributed by atoms with Crippen molar-refractivity contribution in [2.24, 2.45) is 10.1 Å². The van der Waals surface area contributed by atoms with Crippen molar-refractivity contribution in [2.45, 2.75) is 12.3 Å². The summed E-state index contributed by atoms with van der Waals surface area (Å²) < 4.78 is 30.4. The van der Waals surface area contributed by atoms with Crippen LogP contribution >= 0.6 is 0 Å². The second kappa shape index (κ2) is 6.84. The molecule has 146 valence electrons. The van der Waals surface area contributed by atoms with Gasteiger partial charge in [-0.3, -0.25) is 4.99 Å². The molecule has 0 amide bonds. The van der Waals surface area contributed by atoms with Crippen LogP contribution in [0, 0.1) is 0 Å². The normalized spacial score (nSPS) is 14.2. The van der Waals surface area contributed by atoms with Gasteiger partial charge in [0.05, 0.1) is 12.9 Å². The average Bonchev–Trinajstić information content (AvgIpc) is 3.16. The highest BCUT2D eigenvalue weighted by Gasteiger charge is 2.23. The summed E-state index contributed by atoms with van der Waals surface area (Å²) in [6, 6.07) is 3.68. The lowest BCUT2D eigenvalue weighted by Crippen LogP contribution is -2.17. The molecule has 0 spiro atoms. The number of aromatic nitrogens is 4. The number of pyridine rings is 2. The Bertz CT molecular complexity index is 1200. The number of rotatable bonds is 4. The number of ether oxygens (including phenoxy) is 1. The highest BCUT2D eigenvalue weighted by Crippen LogP contribution is 2.37. The first-order chi connectivity index (χ1) is 13.4. The molecule has 0 saturated carbocycles. The topological polar surface area (TPSA) is 137 Å². The monoisotopic (exact) mass is 401 g/mol. The van der Waals surface area contributed by atoms with Crippen LogP contribution in [0.2, 0.25) is 0 Å². The van der Waals surface area contributed by atoms with Crippen LogP contribution in [0.25, 0.3) is 22.5 Å². The minimum atomic E-state index is -3.73. The number of primary sulfonamides is 1. The molecule has 1 aromatic heterocycles. The van der Waals surface area contributed by atoms with Crippen LogP contribution in [0.15, 0.2) is 29.5 Å². The van der Waals surface area contributed by atoms with Gasteiger partial charge in [0.1, 0.15) is 11.6 Å². The number of nitrogens with two attached hydrogens (primary N) is 1. The van der Waals surface area contributed by atoms with Crippen LogP contribution in [0.4, 0.5) is 5.82 Å². The Morgan fingerprint density at radius 3 is 2.79 bits per heavy atom. The summed E-state index contributed by atoms with van der Waals surface area (Å²) in [7, 11) is -0.648. The van der Waals surface area contributed by atoms with E-state index in [9.17, 15) is 8.42 Å². The van der Waals surface area contributed by atoms with Gasteiger partial charge in [-0.15, -0.1) is 0 Å². The van der Waals surface area contributed by atoms with E-state index >= 15 is 0 Å². The van der Waals surface area contributed by atoms with Crippen molar-refractivity contribution >= 4 is 15.8 Å². The van der Waals surface area contributed by atoms with Crippen LogP contribution in [-0.2, 0) is 22.3 Å². The summed E-state index contributed by atoms with van der Waals surface area (Å²) in [4.78, 5) is 17.1. The highest BCUT2D eigenvalue weighted by atomic mass is 32.2. The maximum absolute atomic E-state index is 11.6. The number of sulfonamides is 1. The van der Waals surface area contributed by atoms with Crippen LogP contribution in [0.3, 0.4) is 0 Å². The van der Waals surface area contributed by atoms with Crippen LogP contribution in [0.5, 0.6) is 5.88 Å². The van der Waals surface area contributed by atoms with E-state index in [1.165, 1.54) is 7.11 Å². The van der Waals surface area contributed by atoms with Gasteiger partial charge >= 0.3 is 0 Å². The zero-order valence-corrected chi connectivity index (χ0v) is 16.2. The predicted molar refractivity (Wildman–Crippen MR) is 103 cm³/mol. The van der Waals surface area contributed by atoms with Gasteiger partial charge in [0.15, 0.2) is 0 Å². The van der Waals surface area contributed by atoms with E-state index in [4.69, 9.17) is 9.88 Å². The predicted octanol–water partition coefficient (Wildman–Crippen LogP) is 0.198. The highest BCUT2D eigenvalue weighted by molar-refractivity contribution is 7.88. The van der Waals surface area contributed by atoms with Crippen molar-refractivity contribution in [1.29, 1.82) is 0 Å². The molecule has 0 unspecified atom stereocenters. The quantitative estimate of drug-likeness (QED) is 0.637. The van der Waals surface area contributed by atoms with Gasteiger partial charge < -0.3 is 14.6 Å². The van der Waals surface area contributed by atoms with Crippen molar-refractivity contribution < 1.29 is 13.2 Å². The number of nitrogens with one attached hydrogen (secondary N) is 1. The molecule has 3 aliphatic rings. The van der Waals surface area contributed by atoms with Gasteiger partial charge in [0, 0.05) is 54.8 Å². The summed E-state index contributed by atoms with van der Waals surface area (Å²) in [5, 5.41) is 8.58. The summed E-state index contributed by atoms with van der Waals surface area (Å²) in [6.07, 6.45) is 3.37. The number of anilines is 1. The van der Waals surface area contributed by atoms with E-state index in [1.807, 2.05) is 6.07 Å². The Balaban J connectivity index is 1.93. The van der Waals surface area contributed by atoms with E-state index in [0.29, 0.717) is 11.2 Å². The first-order valence-electron chi connectivity index (χ1n) is 8.50. The lowest BCUT2D eigenvalue weighted by atomic mass is 10.0. The first kappa shape index (κ1) is 18.3. The minimum Gasteiger partial charge on any atom is -0.481 e. The van der Waals surface area contributed by atoms with Gasteiger partial charge in [0.25, 0.3) is 0 Å². The molecule has 0 aliphatic carbocycles. The first-order valence-corrected chi connectivity index (χ1v) is 10.2. The summed E-state index contributed by atoms with van der Waals surface area (Å²) >= 11 is 0. The smallest absolute Gasteiger partial charge is 0.246 e. The van der Waals surface area contributed by atoms with E-state index in [1.54, 1.807) is 25.5 Å². The van der Waals surface area contributed by atoms with E-state index in [2.05, 4.69) is 29.8 Å². The molecule has 0 radical (unpaired) electrons. The summed E-state index contributed by atoms with van der Waals surface area (Å²) in [5.74, 6) is 1.53. The number of hydrogen-bond acceptors (Lipinski definition) is 8. The van der Waals surface area contributed by atoms with Crippen LogP contribution in [-0.4, -0.2) is 48.6 Å². The Morgan fingerprint density at radius 2 is 2.07 bits per heavy atom. The van der Waals surface area contributed by atoms with Gasteiger partial charge in [-0.1, -0.05) is 0 Å². The molecular weight excluding hydrogens is 382 g/mol. The van der Waals surface area contributed by atoms with E-state index in [0.717, 1.165) is 41.4 Å². The molecule has 10 nitrogen and oxygen atoms in total. The van der Waals surface area contributed by atoms with Crippen molar-refractivity contribution in [2.75, 3.05) is 26.0 Å². The molecule has 3 aliphatic heterocycles. The third-order valence-electron chi connectivity index (χ3n) is 4.48. The lowest BCUT2D eigenvalue weighted by molar-refractivity contribution is 0.394. The molecule has 4 heterocycles. The molecule has 0 saturated heterocycles. The second-order valence-electron chi connectivity index (χ2n) is 6.36. The Labute approximate surface area is 161 Å². The molecule has 0 fully saturated rings. The molecule has 1 aromatic rings. The molecule has 0 atom stereocenters. The fourth-order valence-corrected chi connectivity index (χ4v) is 3.98. The van der Waals surface area contributed by atoms with E-state index < -0.39 is 10.0 Å². The fraction of sp³-hybridized carbons (Fsp3) is 0.294. The minimum absolute atomic E-state index is 0.230. The van der Waals surface area contributed by atoms with E-state index in [-0.39, 0.29) is 11.6 Å². The largest absolute Gasteiger partial charge is 0.481 e. The van der Waals surface area contributed by atoms with Gasteiger partial charge in [-0.2, -0.15) is 4.98 Å². The zero-order valence-electron chi connectivity index (χ0n) is 15.4. The molecule has 11 heteroatoms. The van der Waals surface area contributed by atoms with Crippen LogP contribution < -0.4 is 20.8 Å². The second-order valence-corrected chi connectivity index (χ2v) is 7.97. The molecule has 0 bridgehead atoms. The molecule has 4 rings (SSSR count). The Morgan fingerprint density at radius 1 is 1.29 bits per heavy atom. The average molecular weight is 401 g/mol. The number of nitrogens with zero attached hydrogens (tertiary/aromatic N) is 5. The summed E-state index contributed by atoms with van der Waals surface area (Å²) in [6.45, 7) is 1.50. The maximum atomic E-state index is 11.6. The molecule has 28 heavy (non-hydrogen) atoms. The number of hydrogen-bond donors (Lipinski definition) is 2. The molecule has 0 aromatic carbocycles. The van der Waals surface area contributed by atoms with Gasteiger partial charge in [-0.25, -0.2) is 23.5 Å². The van der Waals surface area contributed by atoms with Gasteiger partial charge in [-0.05, 0) is 12.1 Å². The zero-order chi connectivity index (χ0) is 19.9. The standard InChI is InChI=1S/C17H19N7O3S/c1-19-17-22-8-11-6-13(15-20-3-4-24(15)14(11)23-17)10-5-12(9-28(18,25)26)16(27-2)21-7-10/h5-8,20H,3-4,9H2,1-2H3,(H2,18,25,26). The third kappa shape index (κ3) is 3.29. The number of fused-ring (bicyclic) bond motifs is 3. The molecule has 3 N–H and O–H groups in total. The van der Waals surface area contributed by atoms with Crippen molar-refractivity contribution in [1.82, 2.24) is 19.5 Å². The summed E-state index contributed by atoms with van der Waals surface area (Å²) in [5.41, 5.74) is 3.27. The van der Waals surface area contributed by atoms with Crippen molar-refractivity contribution in [3.63, 3.8) is 0 Å². The van der Waals surface area contributed by atoms with Crippen molar-refractivity contribution in [3.8, 4) is 28.4 Å². The maximum Gasteiger partial charge on any atom is 0.246 e. The lowest BCUT2D eigenvalue weighted by Gasteiger charge is -2.17. The van der Waals surface area contributed by atoms with Crippen molar-refractivity contribution in [3.05, 3.63) is 35.7 Å². The molecular formula is C17H19N7O3S. The third-order valence-corrected chi connectivity index (χ3v) is 5.19. The Hall–Kier alpha value is -3.05. The van der Waals surface area contributed by atoms with Crippen LogP contribution in [0.1, 0.15) is 5.56 Å². The SMILES string of the molecule is CN=c1ncc2cc(-c3cnc(OC)c(CS(N)(=O)=O)c3)c3n(c-2n1)CCN3.